The van der Waals surface area contributed by atoms with Gasteiger partial charge in [-0.3, -0.25) is 4.79 Å². The fourth-order valence-electron chi connectivity index (χ4n) is 6.94. The van der Waals surface area contributed by atoms with Crippen LogP contribution in [0.4, 0.5) is 0 Å². The van der Waals surface area contributed by atoms with Crippen molar-refractivity contribution in [2.75, 3.05) is 20.3 Å². The third-order valence-corrected chi connectivity index (χ3v) is 8.11. The average Bonchev–Trinajstić information content (AvgIpc) is 2.69. The Kier molecular flexibility index (Phi) is 5.57. The van der Waals surface area contributed by atoms with Crippen molar-refractivity contribution in [3.05, 3.63) is 29.3 Å². The highest BCUT2D eigenvalue weighted by Crippen LogP contribution is 2.59. The number of rotatable bonds is 6. The van der Waals surface area contributed by atoms with Crippen LogP contribution < -0.4 is 5.46 Å². The molecule has 31 heavy (non-hydrogen) atoms. The van der Waals surface area contributed by atoms with Gasteiger partial charge >= 0.3 is 7.12 Å². The zero-order valence-electron chi connectivity index (χ0n) is 19.1. The molecule has 1 aromatic carbocycles. The normalized spacial score (nSPS) is 36.1. The Morgan fingerprint density at radius 3 is 2.45 bits per heavy atom. The van der Waals surface area contributed by atoms with E-state index in [1.54, 1.807) is 7.11 Å². The van der Waals surface area contributed by atoms with Crippen LogP contribution in [0.3, 0.4) is 0 Å². The molecule has 5 fully saturated rings. The van der Waals surface area contributed by atoms with Gasteiger partial charge in [0.05, 0.1) is 12.2 Å². The van der Waals surface area contributed by atoms with E-state index in [4.69, 9.17) is 14.0 Å². The van der Waals surface area contributed by atoms with E-state index in [2.05, 4.69) is 13.8 Å². The lowest BCUT2D eigenvalue weighted by Crippen LogP contribution is -2.54. The average molecular weight is 426 g/mol. The smallest absolute Gasteiger partial charge is 0.407 e. The fourth-order valence-corrected chi connectivity index (χ4v) is 6.94. The van der Waals surface area contributed by atoms with Crippen LogP contribution in [0.5, 0.6) is 0 Å². The summed E-state index contributed by atoms with van der Waals surface area (Å²) in [6.45, 7) is 5.95. The molecule has 0 aromatic heterocycles. The van der Waals surface area contributed by atoms with Crippen LogP contribution in [0.25, 0.3) is 0 Å². The standard InChI is InChI=1S/C25H35BO5/c1-24(2)14-30-26(31-15-24)20-4-5-21(19(8-20)13-29-3)23(27)9-22-17-6-16-7-18(22)12-25(28,10-16)11-17/h4-5,8,16-18,22,28H,6-7,9-15H2,1-3H3. The third-order valence-electron chi connectivity index (χ3n) is 8.11. The molecule has 0 spiro atoms. The summed E-state index contributed by atoms with van der Waals surface area (Å²) in [6.07, 6.45) is 5.70. The number of ketones is 1. The van der Waals surface area contributed by atoms with Crippen molar-refractivity contribution in [2.24, 2.45) is 29.1 Å². The van der Waals surface area contributed by atoms with E-state index in [-0.39, 0.29) is 11.2 Å². The maximum atomic E-state index is 13.4. The van der Waals surface area contributed by atoms with Crippen molar-refractivity contribution in [3.8, 4) is 0 Å². The van der Waals surface area contributed by atoms with E-state index < -0.39 is 12.7 Å². The lowest BCUT2D eigenvalue weighted by atomic mass is 9.49. The van der Waals surface area contributed by atoms with Crippen LogP contribution in [-0.2, 0) is 20.7 Å². The topological polar surface area (TPSA) is 65.0 Å². The van der Waals surface area contributed by atoms with Gasteiger partial charge < -0.3 is 19.2 Å². The summed E-state index contributed by atoms with van der Waals surface area (Å²) in [5.74, 6) is 2.27. The summed E-state index contributed by atoms with van der Waals surface area (Å²) in [6, 6.07) is 5.91. The summed E-state index contributed by atoms with van der Waals surface area (Å²) in [5, 5.41) is 10.8. The molecule has 4 aliphatic carbocycles. The number of carbonyl (C=O) groups excluding carboxylic acids is 1. The number of hydrogen-bond donors (Lipinski definition) is 1. The van der Waals surface area contributed by atoms with Crippen molar-refractivity contribution in [3.63, 3.8) is 0 Å². The Morgan fingerprint density at radius 2 is 1.84 bits per heavy atom. The molecular formula is C25H35BO5. The van der Waals surface area contributed by atoms with Crippen LogP contribution in [0.15, 0.2) is 18.2 Å². The molecule has 5 aliphatic rings. The Morgan fingerprint density at radius 1 is 1.16 bits per heavy atom. The van der Waals surface area contributed by atoms with Gasteiger partial charge in [-0.2, -0.15) is 0 Å². The molecule has 2 unspecified atom stereocenters. The molecule has 1 heterocycles. The van der Waals surface area contributed by atoms with Gasteiger partial charge in [0.2, 0.25) is 0 Å². The zero-order chi connectivity index (χ0) is 21.8. The first-order valence-electron chi connectivity index (χ1n) is 11.9. The highest BCUT2D eigenvalue weighted by atomic mass is 16.6. The number of hydrogen-bond acceptors (Lipinski definition) is 5. The molecule has 1 aliphatic heterocycles. The second-order valence-electron chi connectivity index (χ2n) is 11.5. The highest BCUT2D eigenvalue weighted by Gasteiger charge is 2.54. The zero-order valence-corrected chi connectivity index (χ0v) is 19.1. The van der Waals surface area contributed by atoms with Crippen LogP contribution in [0.2, 0.25) is 0 Å². The van der Waals surface area contributed by atoms with Crippen LogP contribution in [-0.4, -0.2) is 43.9 Å². The largest absolute Gasteiger partial charge is 0.493 e. The summed E-state index contributed by atoms with van der Waals surface area (Å²) in [7, 11) is 1.27. The third kappa shape index (κ3) is 4.24. The minimum Gasteiger partial charge on any atom is -0.407 e. The van der Waals surface area contributed by atoms with Crippen molar-refractivity contribution in [2.45, 2.75) is 64.6 Å². The molecule has 0 radical (unpaired) electrons. The van der Waals surface area contributed by atoms with Crippen LogP contribution in [0.1, 0.15) is 68.3 Å². The second-order valence-corrected chi connectivity index (χ2v) is 11.5. The Bertz CT molecular complexity index is 826. The molecule has 168 valence electrons. The first kappa shape index (κ1) is 21.6. The lowest BCUT2D eigenvalue weighted by Gasteiger charge is -2.58. The van der Waals surface area contributed by atoms with Gasteiger partial charge in [0.25, 0.3) is 0 Å². The fraction of sp³-hybridized carbons (Fsp3) is 0.720. The summed E-state index contributed by atoms with van der Waals surface area (Å²) < 4.78 is 17.3. The number of ether oxygens (including phenoxy) is 1. The molecule has 1 aromatic rings. The summed E-state index contributed by atoms with van der Waals surface area (Å²) >= 11 is 0. The van der Waals surface area contributed by atoms with E-state index in [1.165, 1.54) is 12.8 Å². The van der Waals surface area contributed by atoms with E-state index in [9.17, 15) is 9.90 Å². The van der Waals surface area contributed by atoms with Gasteiger partial charge in [0.1, 0.15) is 0 Å². The van der Waals surface area contributed by atoms with E-state index in [0.717, 1.165) is 35.9 Å². The number of carbonyl (C=O) groups is 1. The lowest BCUT2D eigenvalue weighted by molar-refractivity contribution is -0.151. The number of methoxy groups -OCH3 is 1. The number of Topliss-reactive ketones (excluding diaryl/α,β-unsaturated/α-hetero) is 1. The molecule has 1 N–H and O–H groups in total. The van der Waals surface area contributed by atoms with E-state index in [1.807, 2.05) is 18.2 Å². The van der Waals surface area contributed by atoms with Crippen molar-refractivity contribution in [1.29, 1.82) is 0 Å². The SMILES string of the molecule is COCc1cc(B2OCC(C)(C)CO2)ccc1C(=O)CC1C2CC3CC1CC(O)(C3)C2. The van der Waals surface area contributed by atoms with Gasteiger partial charge in [0.15, 0.2) is 5.78 Å². The number of aliphatic hydroxyl groups is 1. The molecule has 4 saturated carbocycles. The predicted molar refractivity (Wildman–Crippen MR) is 119 cm³/mol. The van der Waals surface area contributed by atoms with Gasteiger partial charge in [0, 0.05) is 37.7 Å². The first-order valence-corrected chi connectivity index (χ1v) is 11.9. The van der Waals surface area contributed by atoms with Crippen LogP contribution >= 0.6 is 0 Å². The molecule has 6 rings (SSSR count). The molecule has 0 amide bonds. The van der Waals surface area contributed by atoms with Gasteiger partial charge in [-0.05, 0) is 66.8 Å². The Hall–Kier alpha value is -1.21. The molecular weight excluding hydrogens is 391 g/mol. The predicted octanol–water partition coefficient (Wildman–Crippen LogP) is 3.36. The van der Waals surface area contributed by atoms with Gasteiger partial charge in [-0.25, -0.2) is 0 Å². The van der Waals surface area contributed by atoms with Gasteiger partial charge in [-0.15, -0.1) is 0 Å². The molecule has 1 saturated heterocycles. The minimum atomic E-state index is -0.451. The van der Waals surface area contributed by atoms with Crippen LogP contribution in [0, 0.1) is 29.1 Å². The van der Waals surface area contributed by atoms with Crippen molar-refractivity contribution in [1.82, 2.24) is 0 Å². The minimum absolute atomic E-state index is 0.0214. The summed E-state index contributed by atoms with van der Waals surface area (Å²) in [5.41, 5.74) is 2.18. The molecule has 2 atom stereocenters. The second kappa shape index (κ2) is 7.98. The first-order chi connectivity index (χ1) is 14.8. The molecule has 5 nitrogen and oxygen atoms in total. The van der Waals surface area contributed by atoms with Crippen molar-refractivity contribution >= 4 is 18.4 Å². The van der Waals surface area contributed by atoms with Gasteiger partial charge in [-0.1, -0.05) is 32.0 Å². The van der Waals surface area contributed by atoms with E-state index in [0.29, 0.717) is 49.9 Å². The molecule has 4 bridgehead atoms. The van der Waals surface area contributed by atoms with Crippen molar-refractivity contribution < 1.29 is 23.9 Å². The monoisotopic (exact) mass is 426 g/mol. The summed E-state index contributed by atoms with van der Waals surface area (Å²) in [4.78, 5) is 13.4. The Labute approximate surface area is 186 Å². The quantitative estimate of drug-likeness (QED) is 0.558. The van der Waals surface area contributed by atoms with E-state index >= 15 is 0 Å². The Balaban J connectivity index is 1.32. The molecule has 6 heteroatoms. The highest BCUT2D eigenvalue weighted by molar-refractivity contribution is 6.61. The maximum absolute atomic E-state index is 13.4. The maximum Gasteiger partial charge on any atom is 0.493 e. The number of benzene rings is 1.